The van der Waals surface area contributed by atoms with Gasteiger partial charge in [0.2, 0.25) is 0 Å². The summed E-state index contributed by atoms with van der Waals surface area (Å²) < 4.78 is 80.6. The van der Waals surface area contributed by atoms with Crippen molar-refractivity contribution in [1.29, 1.82) is 0 Å². The van der Waals surface area contributed by atoms with Gasteiger partial charge in [0.1, 0.15) is 0 Å². The maximum atomic E-state index is 11.0. The van der Waals surface area contributed by atoms with E-state index in [1.165, 1.54) is 0 Å². The summed E-state index contributed by atoms with van der Waals surface area (Å²) in [6, 6.07) is 0. The van der Waals surface area contributed by atoms with Crippen LogP contribution in [-0.2, 0) is 80.7 Å². The van der Waals surface area contributed by atoms with Crippen LogP contribution in [0.4, 0.5) is 0 Å². The van der Waals surface area contributed by atoms with E-state index in [0.29, 0.717) is 0 Å². The van der Waals surface area contributed by atoms with E-state index < -0.39 is 31.3 Å². The molecule has 0 fully saturated rings. The van der Waals surface area contributed by atoms with Gasteiger partial charge in [0.15, 0.2) is 0 Å². The van der Waals surface area contributed by atoms with Crippen LogP contribution in [0.2, 0.25) is 0 Å². The van der Waals surface area contributed by atoms with Crippen LogP contribution >= 0.6 is 31.3 Å². The number of phosphoric acid groups is 4. The van der Waals surface area contributed by atoms with Crippen LogP contribution in [-0.4, -0.2) is 52.9 Å². The quantitative estimate of drug-likeness (QED) is 0.0455. The average Bonchev–Trinajstić information content (AvgIpc) is 3.06. The third kappa shape index (κ3) is 57.7. The van der Waals surface area contributed by atoms with E-state index >= 15 is 0 Å². The third-order valence-electron chi connectivity index (χ3n) is 5.98. The monoisotopic (exact) mass is 926 g/mol. The van der Waals surface area contributed by atoms with Gasteiger partial charge in [-0.25, -0.2) is 0 Å². The first kappa shape index (κ1) is 63.5. The van der Waals surface area contributed by atoms with E-state index in [-0.39, 0.29) is 79.1 Å². The second-order valence-corrected chi connectivity index (χ2v) is 16.9. The molecule has 0 unspecified atom stereocenters. The molecule has 53 heavy (non-hydrogen) atoms. The zero-order valence-electron chi connectivity index (χ0n) is 33.8. The van der Waals surface area contributed by atoms with Gasteiger partial charge in [0.05, 0.1) is 52.9 Å². The number of unbranched alkanes of at least 4 members (excludes halogenated alkanes) is 8. The van der Waals surface area contributed by atoms with Crippen LogP contribution in [0.5, 0.6) is 0 Å². The fourth-order valence-corrected chi connectivity index (χ4v) is 5.83. The Morgan fingerprint density at radius 2 is 0.377 bits per heavy atom. The van der Waals surface area contributed by atoms with Gasteiger partial charge in [0.25, 0.3) is 31.3 Å². The van der Waals surface area contributed by atoms with Gasteiger partial charge in [-0.1, -0.05) is 107 Å². The molecule has 0 aliphatic heterocycles. The molecule has 16 nitrogen and oxygen atoms in total. The minimum Gasteiger partial charge on any atom is -0.756 e. The van der Waals surface area contributed by atoms with Crippen LogP contribution < -0.4 is 19.6 Å². The summed E-state index contributed by atoms with van der Waals surface area (Å²) in [6.07, 6.45) is 13.2. The Morgan fingerprint density at radius 3 is 0.453 bits per heavy atom. The predicted octanol–water partition coefficient (Wildman–Crippen LogP) is 8.35. The molecule has 320 valence electrons. The summed E-state index contributed by atoms with van der Waals surface area (Å²) in [5.74, 6) is 0. The van der Waals surface area contributed by atoms with Gasteiger partial charge in [-0.2, -0.15) is 0 Å². The molecule has 0 aromatic carbocycles. The van der Waals surface area contributed by atoms with E-state index in [0.717, 1.165) is 103 Å². The first-order chi connectivity index (χ1) is 24.5. The van der Waals surface area contributed by atoms with Crippen molar-refractivity contribution in [1.82, 2.24) is 0 Å². The van der Waals surface area contributed by atoms with E-state index in [4.69, 9.17) is 0 Å². The van der Waals surface area contributed by atoms with Crippen LogP contribution in [0.25, 0.3) is 0 Å². The van der Waals surface area contributed by atoms with E-state index in [2.05, 4.69) is 36.2 Å². The summed E-state index contributed by atoms with van der Waals surface area (Å²) in [5, 5.41) is 0. The molecule has 0 radical (unpaired) electrons. The first-order valence-electron chi connectivity index (χ1n) is 18.9. The predicted molar refractivity (Wildman–Crippen MR) is 197 cm³/mol. The van der Waals surface area contributed by atoms with Crippen molar-refractivity contribution in [3.8, 4) is 0 Å². The number of rotatable bonds is 32. The zero-order valence-corrected chi connectivity index (χ0v) is 39.8. The standard InChI is InChI=1S/4C8H19O4P.Zr/c4*1-3-5-7-11-13(9,10)12-8-6-4-2;/h4*3-8H2,1-2H3,(H,9,10);/q;;;;+4/p-4. The number of hydrogen-bond acceptors (Lipinski definition) is 16. The maximum Gasteiger partial charge on any atom is 4.00 e. The molecule has 0 atom stereocenters. The number of phosphoric ester groups is 4. The smallest absolute Gasteiger partial charge is 0.756 e. The van der Waals surface area contributed by atoms with Crippen LogP contribution in [0.3, 0.4) is 0 Å². The molecule has 0 saturated carbocycles. The molecule has 0 aliphatic rings. The Kier molecular flexibility index (Phi) is 53.2. The molecule has 0 spiro atoms. The molecule has 0 rings (SSSR count). The normalized spacial score (nSPS) is 11.7. The van der Waals surface area contributed by atoms with E-state index in [9.17, 15) is 37.8 Å². The second kappa shape index (κ2) is 44.4. The molecule has 0 aromatic heterocycles. The fraction of sp³-hybridized carbons (Fsp3) is 1.00. The molecule has 0 aliphatic carbocycles. The van der Waals surface area contributed by atoms with Crippen molar-refractivity contribution in [2.75, 3.05) is 52.9 Å². The molecule has 0 bridgehead atoms. The Balaban J connectivity index is -0.000000192. The van der Waals surface area contributed by atoms with E-state index in [1.54, 1.807) is 0 Å². The molecular formula is C32H72O16P4Zr. The Labute approximate surface area is 341 Å². The molecule has 0 N–H and O–H groups in total. The minimum atomic E-state index is -4.00. The van der Waals surface area contributed by atoms with Gasteiger partial charge >= 0.3 is 26.2 Å². The van der Waals surface area contributed by atoms with Gasteiger partial charge in [-0.3, -0.25) is 18.3 Å². The molecule has 0 amide bonds. The first-order valence-corrected chi connectivity index (χ1v) is 24.7. The van der Waals surface area contributed by atoms with Crippen molar-refractivity contribution in [3.63, 3.8) is 0 Å². The van der Waals surface area contributed by atoms with Gasteiger partial charge in [0, 0.05) is 0 Å². The Hall–Kier alpha value is 1.32. The molecule has 21 heteroatoms. The van der Waals surface area contributed by atoms with Crippen LogP contribution in [0, 0.1) is 0 Å². The molecule has 0 aromatic rings. The Morgan fingerprint density at radius 1 is 0.283 bits per heavy atom. The van der Waals surface area contributed by atoms with Gasteiger partial charge in [-0.05, 0) is 51.4 Å². The van der Waals surface area contributed by atoms with E-state index in [1.807, 2.05) is 55.4 Å². The van der Waals surface area contributed by atoms with Crippen molar-refractivity contribution < 1.29 is 100 Å². The van der Waals surface area contributed by atoms with Gasteiger partial charge < -0.3 is 55.8 Å². The number of hydrogen-bond donors (Lipinski definition) is 0. The summed E-state index contributed by atoms with van der Waals surface area (Å²) >= 11 is 0. The molecule has 0 heterocycles. The molecular weight excluding hydrogens is 855 g/mol. The maximum absolute atomic E-state index is 11.0. The summed E-state index contributed by atoms with van der Waals surface area (Å²) in [5.41, 5.74) is 0. The van der Waals surface area contributed by atoms with Crippen LogP contribution in [0.1, 0.15) is 158 Å². The topological polar surface area (TPSA) is 234 Å². The Bertz CT molecular complexity index is 736. The van der Waals surface area contributed by atoms with Gasteiger partial charge in [-0.15, -0.1) is 0 Å². The zero-order chi connectivity index (χ0) is 40.6. The third-order valence-corrected chi connectivity index (χ3v) is 9.97. The van der Waals surface area contributed by atoms with Crippen LogP contribution in [0.15, 0.2) is 0 Å². The summed E-state index contributed by atoms with van der Waals surface area (Å²) in [4.78, 5) is 43.9. The van der Waals surface area contributed by atoms with Crippen molar-refractivity contribution in [3.05, 3.63) is 0 Å². The SMILES string of the molecule is CCCCOP(=O)([O-])OCCCC.CCCCOP(=O)([O-])OCCCC.CCCCOP(=O)([O-])OCCCC.CCCCOP(=O)([O-])OCCCC.[Zr+4]. The minimum absolute atomic E-state index is 0. The average molecular weight is 928 g/mol. The van der Waals surface area contributed by atoms with Crippen molar-refractivity contribution in [2.45, 2.75) is 158 Å². The summed E-state index contributed by atoms with van der Waals surface area (Å²) in [7, 11) is -16.0. The van der Waals surface area contributed by atoms with Crippen molar-refractivity contribution >= 4 is 31.3 Å². The van der Waals surface area contributed by atoms with Crippen molar-refractivity contribution in [2.24, 2.45) is 0 Å². The summed E-state index contributed by atoms with van der Waals surface area (Å²) in [6.45, 7) is 17.6. The largest absolute Gasteiger partial charge is 4.00 e. The fourth-order valence-electron chi connectivity index (χ4n) is 2.71. The molecule has 0 saturated heterocycles. The second-order valence-electron chi connectivity index (χ2n) is 11.3.